The van der Waals surface area contributed by atoms with Gasteiger partial charge in [0, 0.05) is 25.4 Å². The molecule has 2 heteroatoms. The Labute approximate surface area is 98.0 Å². The highest BCUT2D eigenvalue weighted by atomic mass is 16.5. The van der Waals surface area contributed by atoms with E-state index in [0.29, 0.717) is 0 Å². The van der Waals surface area contributed by atoms with Crippen molar-refractivity contribution in [2.24, 2.45) is 5.92 Å². The van der Waals surface area contributed by atoms with Gasteiger partial charge in [-0.25, -0.2) is 0 Å². The molecule has 1 aromatic carbocycles. The van der Waals surface area contributed by atoms with Crippen molar-refractivity contribution >= 4 is 5.69 Å². The SMILES string of the molecule is Cc1cccc(NCC2CCOCC2)c1C. The molecule has 0 spiro atoms. The van der Waals surface area contributed by atoms with Crippen LogP contribution in [0.3, 0.4) is 0 Å². The van der Waals surface area contributed by atoms with Crippen molar-refractivity contribution in [3.63, 3.8) is 0 Å². The number of ether oxygens (including phenoxy) is 1. The Balaban J connectivity index is 1.91. The second-order valence-electron chi connectivity index (χ2n) is 4.68. The standard InChI is InChI=1S/C14H21NO/c1-11-4-3-5-14(12(11)2)15-10-13-6-8-16-9-7-13/h3-5,13,15H,6-10H2,1-2H3. The molecule has 1 fully saturated rings. The molecule has 88 valence electrons. The van der Waals surface area contributed by atoms with Gasteiger partial charge in [0.25, 0.3) is 0 Å². The molecule has 0 amide bonds. The zero-order chi connectivity index (χ0) is 11.4. The average molecular weight is 219 g/mol. The minimum Gasteiger partial charge on any atom is -0.385 e. The maximum Gasteiger partial charge on any atom is 0.0469 e. The summed E-state index contributed by atoms with van der Waals surface area (Å²) in [5.74, 6) is 0.772. The molecule has 16 heavy (non-hydrogen) atoms. The lowest BCUT2D eigenvalue weighted by atomic mass is 10.00. The van der Waals surface area contributed by atoms with Gasteiger partial charge in [0.1, 0.15) is 0 Å². The fourth-order valence-corrected chi connectivity index (χ4v) is 2.15. The van der Waals surface area contributed by atoms with Gasteiger partial charge in [-0.2, -0.15) is 0 Å². The zero-order valence-corrected chi connectivity index (χ0v) is 10.3. The Morgan fingerprint density at radius 1 is 1.25 bits per heavy atom. The Kier molecular flexibility index (Phi) is 3.83. The van der Waals surface area contributed by atoms with Crippen molar-refractivity contribution < 1.29 is 4.74 Å². The lowest BCUT2D eigenvalue weighted by Crippen LogP contribution is -2.22. The Bertz CT molecular complexity index is 343. The Morgan fingerprint density at radius 2 is 2.00 bits per heavy atom. The molecule has 1 aliphatic rings. The van der Waals surface area contributed by atoms with E-state index in [1.165, 1.54) is 29.7 Å². The third kappa shape index (κ3) is 2.76. The first-order chi connectivity index (χ1) is 7.77. The van der Waals surface area contributed by atoms with Crippen molar-refractivity contribution in [2.75, 3.05) is 25.1 Å². The summed E-state index contributed by atoms with van der Waals surface area (Å²) < 4.78 is 5.37. The lowest BCUT2D eigenvalue weighted by Gasteiger charge is -2.23. The van der Waals surface area contributed by atoms with Crippen LogP contribution in [0, 0.1) is 19.8 Å². The molecular formula is C14H21NO. The van der Waals surface area contributed by atoms with E-state index in [2.05, 4.69) is 37.4 Å². The van der Waals surface area contributed by atoms with Crippen LogP contribution >= 0.6 is 0 Å². The number of hydrogen-bond donors (Lipinski definition) is 1. The average Bonchev–Trinajstić information content (AvgIpc) is 2.32. The number of benzene rings is 1. The molecule has 0 aromatic heterocycles. The first-order valence-electron chi connectivity index (χ1n) is 6.15. The zero-order valence-electron chi connectivity index (χ0n) is 10.3. The maximum atomic E-state index is 5.37. The summed E-state index contributed by atoms with van der Waals surface area (Å²) in [6.07, 6.45) is 2.38. The van der Waals surface area contributed by atoms with Crippen molar-refractivity contribution in [2.45, 2.75) is 26.7 Å². The van der Waals surface area contributed by atoms with Crippen LogP contribution in [0.25, 0.3) is 0 Å². The van der Waals surface area contributed by atoms with Gasteiger partial charge in [0.15, 0.2) is 0 Å². The van der Waals surface area contributed by atoms with Crippen molar-refractivity contribution in [3.8, 4) is 0 Å². The summed E-state index contributed by atoms with van der Waals surface area (Å²) in [4.78, 5) is 0. The van der Waals surface area contributed by atoms with Crippen molar-refractivity contribution in [1.82, 2.24) is 0 Å². The number of anilines is 1. The van der Waals surface area contributed by atoms with Crippen LogP contribution in [-0.4, -0.2) is 19.8 Å². The van der Waals surface area contributed by atoms with E-state index < -0.39 is 0 Å². The second kappa shape index (κ2) is 5.35. The first kappa shape index (κ1) is 11.5. The van der Waals surface area contributed by atoms with E-state index in [0.717, 1.165) is 25.7 Å². The summed E-state index contributed by atoms with van der Waals surface area (Å²) in [6, 6.07) is 6.45. The highest BCUT2D eigenvalue weighted by Gasteiger charge is 2.13. The van der Waals surface area contributed by atoms with Crippen LogP contribution in [0.5, 0.6) is 0 Å². The molecule has 0 atom stereocenters. The van der Waals surface area contributed by atoms with Crippen LogP contribution in [-0.2, 0) is 4.74 Å². The van der Waals surface area contributed by atoms with E-state index in [1.807, 2.05) is 0 Å². The van der Waals surface area contributed by atoms with Gasteiger partial charge in [-0.3, -0.25) is 0 Å². The van der Waals surface area contributed by atoms with Crippen LogP contribution in [0.4, 0.5) is 5.69 Å². The largest absolute Gasteiger partial charge is 0.385 e. The molecule has 0 aliphatic carbocycles. The second-order valence-corrected chi connectivity index (χ2v) is 4.68. The monoisotopic (exact) mass is 219 g/mol. The molecule has 1 heterocycles. The predicted octanol–water partition coefficient (Wildman–Crippen LogP) is 3.14. The van der Waals surface area contributed by atoms with E-state index in [-0.39, 0.29) is 0 Å². The van der Waals surface area contributed by atoms with Gasteiger partial charge >= 0.3 is 0 Å². The Hall–Kier alpha value is -1.02. The molecule has 1 aromatic rings. The topological polar surface area (TPSA) is 21.3 Å². The minimum atomic E-state index is 0.772. The van der Waals surface area contributed by atoms with E-state index in [9.17, 15) is 0 Å². The molecule has 1 aliphatic heterocycles. The van der Waals surface area contributed by atoms with Gasteiger partial charge in [0.05, 0.1) is 0 Å². The lowest BCUT2D eigenvalue weighted by molar-refractivity contribution is 0.0699. The molecule has 1 saturated heterocycles. The molecule has 1 N–H and O–H groups in total. The van der Waals surface area contributed by atoms with Gasteiger partial charge in [0.2, 0.25) is 0 Å². The normalized spacial score (nSPS) is 17.4. The van der Waals surface area contributed by atoms with Crippen LogP contribution in [0.15, 0.2) is 18.2 Å². The molecule has 0 saturated carbocycles. The quantitative estimate of drug-likeness (QED) is 0.843. The third-order valence-electron chi connectivity index (χ3n) is 3.53. The maximum absolute atomic E-state index is 5.37. The predicted molar refractivity (Wildman–Crippen MR) is 67.9 cm³/mol. The van der Waals surface area contributed by atoms with Crippen LogP contribution in [0.2, 0.25) is 0 Å². The fourth-order valence-electron chi connectivity index (χ4n) is 2.15. The third-order valence-corrected chi connectivity index (χ3v) is 3.53. The number of hydrogen-bond acceptors (Lipinski definition) is 2. The highest BCUT2D eigenvalue weighted by molar-refractivity contribution is 5.53. The summed E-state index contributed by atoms with van der Waals surface area (Å²) in [7, 11) is 0. The minimum absolute atomic E-state index is 0.772. The van der Waals surface area contributed by atoms with E-state index in [4.69, 9.17) is 4.74 Å². The first-order valence-corrected chi connectivity index (χ1v) is 6.15. The molecule has 0 unspecified atom stereocenters. The summed E-state index contributed by atoms with van der Waals surface area (Å²) in [6.45, 7) is 7.28. The molecule has 0 radical (unpaired) electrons. The van der Waals surface area contributed by atoms with E-state index >= 15 is 0 Å². The van der Waals surface area contributed by atoms with Gasteiger partial charge < -0.3 is 10.1 Å². The Morgan fingerprint density at radius 3 is 2.75 bits per heavy atom. The number of nitrogens with one attached hydrogen (secondary N) is 1. The molecule has 0 bridgehead atoms. The van der Waals surface area contributed by atoms with Gasteiger partial charge in [-0.05, 0) is 49.8 Å². The fraction of sp³-hybridized carbons (Fsp3) is 0.571. The molecule has 2 rings (SSSR count). The van der Waals surface area contributed by atoms with E-state index in [1.54, 1.807) is 0 Å². The van der Waals surface area contributed by atoms with Crippen molar-refractivity contribution in [1.29, 1.82) is 0 Å². The number of aryl methyl sites for hydroxylation is 1. The summed E-state index contributed by atoms with van der Waals surface area (Å²) in [5, 5.41) is 3.57. The van der Waals surface area contributed by atoms with Crippen molar-refractivity contribution in [3.05, 3.63) is 29.3 Å². The summed E-state index contributed by atoms with van der Waals surface area (Å²) >= 11 is 0. The molecular weight excluding hydrogens is 198 g/mol. The van der Waals surface area contributed by atoms with Gasteiger partial charge in [-0.1, -0.05) is 12.1 Å². The number of rotatable bonds is 3. The highest BCUT2D eigenvalue weighted by Crippen LogP contribution is 2.20. The summed E-state index contributed by atoms with van der Waals surface area (Å²) in [5.41, 5.74) is 4.01. The molecule has 2 nitrogen and oxygen atoms in total. The van der Waals surface area contributed by atoms with Crippen LogP contribution < -0.4 is 5.32 Å². The van der Waals surface area contributed by atoms with Gasteiger partial charge in [-0.15, -0.1) is 0 Å². The smallest absolute Gasteiger partial charge is 0.0469 e. The van der Waals surface area contributed by atoms with Crippen LogP contribution in [0.1, 0.15) is 24.0 Å².